The summed E-state index contributed by atoms with van der Waals surface area (Å²) in [6.07, 6.45) is 4.28. The van der Waals surface area contributed by atoms with Crippen molar-refractivity contribution in [2.45, 2.75) is 57.2 Å². The third-order valence-electron chi connectivity index (χ3n) is 5.81. The predicted octanol–water partition coefficient (Wildman–Crippen LogP) is 3.68. The minimum Gasteiger partial charge on any atom is -0.360 e. The third-order valence-corrected chi connectivity index (χ3v) is 5.81. The summed E-state index contributed by atoms with van der Waals surface area (Å²) in [5.74, 6) is 1.33. The average Bonchev–Trinajstić information content (AvgIpc) is 3.40. The molecule has 0 radical (unpaired) electrons. The lowest BCUT2D eigenvalue weighted by atomic mass is 9.96. The molecule has 0 bridgehead atoms. The van der Waals surface area contributed by atoms with Crippen molar-refractivity contribution >= 4 is 5.91 Å². The van der Waals surface area contributed by atoms with Gasteiger partial charge in [-0.3, -0.25) is 9.69 Å². The molecule has 2 heterocycles. The zero-order valence-electron chi connectivity index (χ0n) is 15.6. The second-order valence-corrected chi connectivity index (χ2v) is 7.79. The number of carbonyl (C=O) groups is 1. The molecule has 2 atom stereocenters. The maximum atomic E-state index is 12.8. The zero-order valence-corrected chi connectivity index (χ0v) is 15.6. The van der Waals surface area contributed by atoms with Gasteiger partial charge in [-0.15, -0.1) is 0 Å². The Labute approximate surface area is 155 Å². The number of hydrogen-bond donors (Lipinski definition) is 0. The summed E-state index contributed by atoms with van der Waals surface area (Å²) < 4.78 is 5.35. The van der Waals surface area contributed by atoms with Crippen LogP contribution in [0.3, 0.4) is 0 Å². The lowest BCUT2D eigenvalue weighted by molar-refractivity contribution is 0.0530. The van der Waals surface area contributed by atoms with Crippen LogP contribution >= 0.6 is 0 Å². The Kier molecular flexibility index (Phi) is 4.81. The van der Waals surface area contributed by atoms with Crippen LogP contribution < -0.4 is 0 Å². The number of nitrogens with zero attached hydrogens (tertiary/aromatic N) is 3. The van der Waals surface area contributed by atoms with E-state index in [9.17, 15) is 4.79 Å². The summed E-state index contributed by atoms with van der Waals surface area (Å²) >= 11 is 0. The Balaban J connectivity index is 1.35. The number of aromatic nitrogens is 1. The number of likely N-dealkylation sites (tertiary alicyclic amines) is 1. The highest BCUT2D eigenvalue weighted by atomic mass is 16.5. The topological polar surface area (TPSA) is 49.6 Å². The van der Waals surface area contributed by atoms with Crippen LogP contribution in [0, 0.1) is 0 Å². The van der Waals surface area contributed by atoms with Crippen molar-refractivity contribution in [1.29, 1.82) is 0 Å². The molecule has 1 aromatic heterocycles. The van der Waals surface area contributed by atoms with Gasteiger partial charge in [-0.05, 0) is 38.2 Å². The molecule has 2 aromatic rings. The number of hydrogen-bond acceptors (Lipinski definition) is 4. The van der Waals surface area contributed by atoms with E-state index >= 15 is 0 Å². The van der Waals surface area contributed by atoms with Crippen molar-refractivity contribution in [2.24, 2.45) is 0 Å². The van der Waals surface area contributed by atoms with Gasteiger partial charge in [-0.2, -0.15) is 0 Å². The normalized spacial score (nSPS) is 23.8. The molecule has 1 saturated heterocycles. The molecule has 2 fully saturated rings. The average molecular weight is 353 g/mol. The van der Waals surface area contributed by atoms with Gasteiger partial charge in [0.25, 0.3) is 5.91 Å². The Morgan fingerprint density at radius 2 is 2.04 bits per heavy atom. The summed E-state index contributed by atoms with van der Waals surface area (Å²) in [5, 5.41) is 4.01. The SMILES string of the molecule is C[C@H]1C[C@@H](N(C)C(=O)c2cc(C3CC3)on2)CCN1Cc1ccccc1. The molecule has 1 aromatic carbocycles. The van der Waals surface area contributed by atoms with Crippen molar-refractivity contribution in [3.63, 3.8) is 0 Å². The van der Waals surface area contributed by atoms with Crippen molar-refractivity contribution in [3.05, 3.63) is 53.4 Å². The van der Waals surface area contributed by atoms with Gasteiger partial charge in [-0.1, -0.05) is 35.5 Å². The van der Waals surface area contributed by atoms with Crippen LogP contribution in [0.2, 0.25) is 0 Å². The standard InChI is InChI=1S/C21H27N3O2/c1-15-12-18(10-11-24(15)14-16-6-4-3-5-7-16)23(2)21(25)19-13-20(26-22-19)17-8-9-17/h3-7,13,15,17-18H,8-12,14H2,1-2H3/t15-,18-/m0/s1. The molecule has 1 saturated carbocycles. The second-order valence-electron chi connectivity index (χ2n) is 7.79. The van der Waals surface area contributed by atoms with Crippen molar-refractivity contribution in [2.75, 3.05) is 13.6 Å². The Bertz CT molecular complexity index is 754. The van der Waals surface area contributed by atoms with Gasteiger partial charge in [0.15, 0.2) is 5.69 Å². The molecule has 1 aliphatic heterocycles. The molecule has 4 rings (SSSR count). The fourth-order valence-corrected chi connectivity index (χ4v) is 3.90. The lowest BCUT2D eigenvalue weighted by Gasteiger charge is -2.41. The molecule has 2 aliphatic rings. The molecular formula is C21H27N3O2. The van der Waals surface area contributed by atoms with Crippen LogP contribution in [0.5, 0.6) is 0 Å². The van der Waals surface area contributed by atoms with Crippen molar-refractivity contribution in [3.8, 4) is 0 Å². The minimum absolute atomic E-state index is 0.0191. The lowest BCUT2D eigenvalue weighted by Crippen LogP contribution is -2.49. The van der Waals surface area contributed by atoms with Crippen LogP contribution in [-0.2, 0) is 6.54 Å². The van der Waals surface area contributed by atoms with E-state index in [-0.39, 0.29) is 11.9 Å². The van der Waals surface area contributed by atoms with E-state index in [0.717, 1.165) is 44.5 Å². The summed E-state index contributed by atoms with van der Waals surface area (Å²) in [6, 6.07) is 13.1. The molecule has 138 valence electrons. The van der Waals surface area contributed by atoms with Gasteiger partial charge in [0.2, 0.25) is 0 Å². The van der Waals surface area contributed by atoms with E-state index in [1.54, 1.807) is 0 Å². The summed E-state index contributed by atoms with van der Waals surface area (Å²) in [6.45, 7) is 4.24. The van der Waals surface area contributed by atoms with Crippen LogP contribution in [0.4, 0.5) is 0 Å². The van der Waals surface area contributed by atoms with Gasteiger partial charge in [0, 0.05) is 44.2 Å². The smallest absolute Gasteiger partial charge is 0.276 e. The number of amides is 1. The first-order chi connectivity index (χ1) is 12.6. The highest BCUT2D eigenvalue weighted by Crippen LogP contribution is 2.40. The van der Waals surface area contributed by atoms with Gasteiger partial charge in [0.05, 0.1) is 0 Å². The van der Waals surface area contributed by atoms with Crippen molar-refractivity contribution in [1.82, 2.24) is 15.0 Å². The number of piperidine rings is 1. The highest BCUT2D eigenvalue weighted by Gasteiger charge is 2.33. The fraction of sp³-hybridized carbons (Fsp3) is 0.524. The molecule has 0 spiro atoms. The molecule has 0 unspecified atom stereocenters. The minimum atomic E-state index is -0.0191. The molecule has 1 amide bonds. The highest BCUT2D eigenvalue weighted by molar-refractivity contribution is 5.92. The molecule has 1 aliphatic carbocycles. The van der Waals surface area contributed by atoms with Gasteiger partial charge < -0.3 is 9.42 Å². The van der Waals surface area contributed by atoms with E-state index in [1.165, 1.54) is 5.56 Å². The van der Waals surface area contributed by atoms with E-state index in [0.29, 0.717) is 17.7 Å². The van der Waals surface area contributed by atoms with Crippen LogP contribution in [0.1, 0.15) is 60.3 Å². The summed E-state index contributed by atoms with van der Waals surface area (Å²) in [4.78, 5) is 17.1. The maximum absolute atomic E-state index is 12.8. The maximum Gasteiger partial charge on any atom is 0.276 e. The largest absolute Gasteiger partial charge is 0.360 e. The summed E-state index contributed by atoms with van der Waals surface area (Å²) in [5.41, 5.74) is 1.80. The van der Waals surface area contributed by atoms with E-state index < -0.39 is 0 Å². The van der Waals surface area contributed by atoms with Crippen molar-refractivity contribution < 1.29 is 9.32 Å². The van der Waals surface area contributed by atoms with E-state index in [1.807, 2.05) is 18.0 Å². The van der Waals surface area contributed by atoms with Crippen LogP contribution in [-0.4, -0.2) is 46.5 Å². The van der Waals surface area contributed by atoms with E-state index in [2.05, 4.69) is 47.3 Å². The Morgan fingerprint density at radius 3 is 2.73 bits per heavy atom. The zero-order chi connectivity index (χ0) is 18.1. The van der Waals surface area contributed by atoms with Crippen LogP contribution in [0.25, 0.3) is 0 Å². The second kappa shape index (κ2) is 7.23. The number of carbonyl (C=O) groups excluding carboxylic acids is 1. The molecule has 5 nitrogen and oxygen atoms in total. The number of benzene rings is 1. The van der Waals surface area contributed by atoms with Gasteiger partial charge in [-0.25, -0.2) is 0 Å². The quantitative estimate of drug-likeness (QED) is 0.823. The van der Waals surface area contributed by atoms with Gasteiger partial charge in [0.1, 0.15) is 5.76 Å². The molecule has 26 heavy (non-hydrogen) atoms. The first kappa shape index (κ1) is 17.3. The van der Waals surface area contributed by atoms with Crippen LogP contribution in [0.15, 0.2) is 40.9 Å². The molecule has 0 N–H and O–H groups in total. The molecular weight excluding hydrogens is 326 g/mol. The third kappa shape index (κ3) is 3.68. The molecule has 5 heteroatoms. The number of rotatable bonds is 5. The Morgan fingerprint density at radius 1 is 1.27 bits per heavy atom. The predicted molar refractivity (Wildman–Crippen MR) is 99.9 cm³/mol. The summed E-state index contributed by atoms with van der Waals surface area (Å²) in [7, 11) is 1.90. The fourth-order valence-electron chi connectivity index (χ4n) is 3.90. The van der Waals surface area contributed by atoms with E-state index in [4.69, 9.17) is 4.52 Å². The Hall–Kier alpha value is -2.14. The first-order valence-corrected chi connectivity index (χ1v) is 9.63. The first-order valence-electron chi connectivity index (χ1n) is 9.63. The van der Waals surface area contributed by atoms with Gasteiger partial charge >= 0.3 is 0 Å². The monoisotopic (exact) mass is 353 g/mol.